The van der Waals surface area contributed by atoms with Crippen LogP contribution in [-0.2, 0) is 9.59 Å². The summed E-state index contributed by atoms with van der Waals surface area (Å²) in [6.45, 7) is 3.98. The van der Waals surface area contributed by atoms with Gasteiger partial charge in [-0.3, -0.25) is 14.6 Å². The van der Waals surface area contributed by atoms with Crippen molar-refractivity contribution < 1.29 is 23.5 Å². The van der Waals surface area contributed by atoms with Gasteiger partial charge in [0.05, 0.1) is 28.5 Å². The number of allylic oxidation sites excluding steroid dienone is 4. The molecule has 2 aliphatic carbocycles. The van der Waals surface area contributed by atoms with E-state index in [0.717, 1.165) is 25.1 Å². The van der Waals surface area contributed by atoms with Crippen molar-refractivity contribution in [2.45, 2.75) is 45.1 Å². The summed E-state index contributed by atoms with van der Waals surface area (Å²) >= 11 is 12.5. The highest BCUT2D eigenvalue weighted by Crippen LogP contribution is 2.47. The summed E-state index contributed by atoms with van der Waals surface area (Å²) in [7, 11) is 1.63. The molecule has 3 atom stereocenters. The predicted molar refractivity (Wildman–Crippen MR) is 144 cm³/mol. The third-order valence-corrected chi connectivity index (χ3v) is 9.45. The van der Waals surface area contributed by atoms with E-state index in [1.165, 1.54) is 11.1 Å². The van der Waals surface area contributed by atoms with Gasteiger partial charge in [-0.1, -0.05) is 42.3 Å². The van der Waals surface area contributed by atoms with Gasteiger partial charge in [-0.2, -0.15) is 0 Å². The zero-order chi connectivity index (χ0) is 27.9. The number of pyridine rings is 1. The van der Waals surface area contributed by atoms with Crippen LogP contribution in [0.4, 0.5) is 9.18 Å². The molecule has 5 rings (SSSR count). The molecule has 1 aromatic heterocycles. The van der Waals surface area contributed by atoms with Crippen LogP contribution in [0.15, 0.2) is 40.7 Å². The Morgan fingerprint density at radius 1 is 1.10 bits per heavy atom. The SMILES string of the molecule is CN(C(=O)Oc1cncc(F)c1)[C@@H]1CN(C(=O)C2CCN(C(=O)C3(C)CC3)CC2)C[C@H]1C1C=C(Cl)C(Cl)=CC1. The number of likely N-dealkylation sites (N-methyl/N-ethyl adjacent to an activating group) is 1. The summed E-state index contributed by atoms with van der Waals surface area (Å²) < 4.78 is 19.0. The number of amides is 3. The third kappa shape index (κ3) is 5.94. The Bertz CT molecular complexity index is 1210. The first-order valence-electron chi connectivity index (χ1n) is 13.4. The van der Waals surface area contributed by atoms with Gasteiger partial charge in [0.2, 0.25) is 11.8 Å². The first kappa shape index (κ1) is 27.9. The van der Waals surface area contributed by atoms with Crippen LogP contribution in [0.25, 0.3) is 0 Å². The molecule has 0 aromatic carbocycles. The van der Waals surface area contributed by atoms with Gasteiger partial charge in [-0.05, 0) is 38.0 Å². The molecule has 0 radical (unpaired) electrons. The Hall–Kier alpha value is -2.65. The molecule has 0 spiro atoms. The predicted octanol–water partition coefficient (Wildman–Crippen LogP) is 4.78. The molecule has 3 heterocycles. The van der Waals surface area contributed by atoms with Crippen LogP contribution < -0.4 is 4.74 Å². The Kier molecular flexibility index (Phi) is 7.93. The molecular weight excluding hydrogens is 546 g/mol. The summed E-state index contributed by atoms with van der Waals surface area (Å²) in [4.78, 5) is 48.4. The fourth-order valence-electron chi connectivity index (χ4n) is 5.92. The Labute approximate surface area is 237 Å². The van der Waals surface area contributed by atoms with Crippen LogP contribution in [0.3, 0.4) is 0 Å². The maximum atomic E-state index is 13.7. The van der Waals surface area contributed by atoms with Crippen LogP contribution in [0.2, 0.25) is 0 Å². The standard InChI is InChI=1S/C28H33Cl2FN4O4/c1-28(7-8-28)26(37)34-9-5-17(6-10-34)25(36)35-15-21(18-3-4-22(29)23(30)11-18)24(16-35)33(2)27(38)39-20-12-19(31)13-32-14-20/h4,11-14,17-18,21,24H,3,5-10,15-16H2,1-2H3/t18?,21-,24+/m0/s1. The summed E-state index contributed by atoms with van der Waals surface area (Å²) in [5, 5.41) is 0.942. The van der Waals surface area contributed by atoms with Gasteiger partial charge < -0.3 is 19.4 Å². The lowest BCUT2D eigenvalue weighted by Gasteiger charge is -2.34. The van der Waals surface area contributed by atoms with Crippen molar-refractivity contribution in [3.8, 4) is 5.75 Å². The van der Waals surface area contributed by atoms with Crippen molar-refractivity contribution in [2.75, 3.05) is 33.2 Å². The average molecular weight is 580 g/mol. The maximum absolute atomic E-state index is 13.7. The summed E-state index contributed by atoms with van der Waals surface area (Å²) in [5.41, 5.74) is -0.209. The van der Waals surface area contributed by atoms with Crippen molar-refractivity contribution in [1.29, 1.82) is 0 Å². The first-order valence-corrected chi connectivity index (χ1v) is 14.2. The number of carbonyl (C=O) groups is 3. The minimum Gasteiger partial charge on any atom is -0.408 e. The van der Waals surface area contributed by atoms with Gasteiger partial charge in [0.1, 0.15) is 5.82 Å². The van der Waals surface area contributed by atoms with Gasteiger partial charge in [0.15, 0.2) is 5.75 Å². The minimum absolute atomic E-state index is 0.00557. The average Bonchev–Trinajstić information content (AvgIpc) is 3.52. The second-order valence-corrected chi connectivity index (χ2v) is 12.2. The molecule has 4 aliphatic rings. The van der Waals surface area contributed by atoms with E-state index in [4.69, 9.17) is 27.9 Å². The smallest absolute Gasteiger partial charge is 0.408 e. The number of hydrogen-bond donors (Lipinski definition) is 0. The van der Waals surface area contributed by atoms with Crippen LogP contribution in [0.1, 0.15) is 39.0 Å². The number of hydrogen-bond acceptors (Lipinski definition) is 5. The van der Waals surface area contributed by atoms with Gasteiger partial charge in [-0.25, -0.2) is 9.18 Å². The number of aromatic nitrogens is 1. The second kappa shape index (κ2) is 11.1. The van der Waals surface area contributed by atoms with Crippen LogP contribution in [0.5, 0.6) is 5.75 Å². The van der Waals surface area contributed by atoms with Crippen LogP contribution >= 0.6 is 23.2 Å². The molecule has 8 nitrogen and oxygen atoms in total. The van der Waals surface area contributed by atoms with Crippen LogP contribution in [-0.4, -0.2) is 76.9 Å². The zero-order valence-corrected chi connectivity index (χ0v) is 23.6. The summed E-state index contributed by atoms with van der Waals surface area (Å²) in [6, 6.07) is 0.744. The Morgan fingerprint density at radius 3 is 2.46 bits per heavy atom. The molecule has 210 valence electrons. The molecule has 2 aliphatic heterocycles. The topological polar surface area (TPSA) is 83.1 Å². The molecule has 0 bridgehead atoms. The number of nitrogens with zero attached hydrogens (tertiary/aromatic N) is 4. The first-order chi connectivity index (χ1) is 18.6. The lowest BCUT2D eigenvalue weighted by atomic mass is 9.83. The quantitative estimate of drug-likeness (QED) is 0.502. The Morgan fingerprint density at radius 2 is 1.82 bits per heavy atom. The number of ether oxygens (including phenoxy) is 1. The largest absolute Gasteiger partial charge is 0.415 e. The van der Waals surface area contributed by atoms with E-state index < -0.39 is 11.9 Å². The maximum Gasteiger partial charge on any atom is 0.415 e. The molecule has 1 unspecified atom stereocenters. The van der Waals surface area contributed by atoms with E-state index >= 15 is 0 Å². The van der Waals surface area contributed by atoms with Crippen LogP contribution in [0, 0.1) is 29.0 Å². The lowest BCUT2D eigenvalue weighted by Crippen LogP contribution is -2.47. The highest BCUT2D eigenvalue weighted by atomic mass is 35.5. The Balaban J connectivity index is 1.28. The molecule has 1 aromatic rings. The monoisotopic (exact) mass is 578 g/mol. The van der Waals surface area contributed by atoms with Crippen molar-refractivity contribution in [3.63, 3.8) is 0 Å². The van der Waals surface area contributed by atoms with E-state index in [1.54, 1.807) is 7.05 Å². The normalized spacial score (nSPS) is 26.5. The zero-order valence-electron chi connectivity index (χ0n) is 22.1. The molecule has 1 saturated carbocycles. The van der Waals surface area contributed by atoms with E-state index in [9.17, 15) is 18.8 Å². The van der Waals surface area contributed by atoms with Gasteiger partial charge in [0, 0.05) is 56.5 Å². The van der Waals surface area contributed by atoms with Crippen molar-refractivity contribution in [3.05, 3.63) is 46.5 Å². The third-order valence-electron chi connectivity index (χ3n) is 8.67. The number of rotatable bonds is 5. The lowest BCUT2D eigenvalue weighted by molar-refractivity contribution is -0.142. The summed E-state index contributed by atoms with van der Waals surface area (Å²) in [6.07, 6.45) is 9.17. The molecule has 0 N–H and O–H groups in total. The number of piperidine rings is 1. The fourth-order valence-corrected chi connectivity index (χ4v) is 6.31. The number of likely N-dealkylation sites (tertiary alicyclic amines) is 2. The van der Waals surface area contributed by atoms with Crippen molar-refractivity contribution in [2.24, 2.45) is 23.2 Å². The minimum atomic E-state index is -0.661. The molecule has 3 amide bonds. The van der Waals surface area contributed by atoms with Gasteiger partial charge >= 0.3 is 6.09 Å². The molecule has 11 heteroatoms. The number of carbonyl (C=O) groups excluding carboxylic acids is 3. The molecule has 39 heavy (non-hydrogen) atoms. The molecule has 2 saturated heterocycles. The second-order valence-electron chi connectivity index (χ2n) is 11.4. The van der Waals surface area contributed by atoms with Gasteiger partial charge in [-0.15, -0.1) is 0 Å². The van der Waals surface area contributed by atoms with Crippen molar-refractivity contribution in [1.82, 2.24) is 19.7 Å². The molecular formula is C28H33Cl2FN4O4. The fraction of sp³-hybridized carbons (Fsp3) is 0.571. The van der Waals surface area contributed by atoms with Gasteiger partial charge in [0.25, 0.3) is 0 Å². The van der Waals surface area contributed by atoms with E-state index in [0.29, 0.717) is 55.5 Å². The molecule has 3 fully saturated rings. The van der Waals surface area contributed by atoms with Crippen molar-refractivity contribution >= 4 is 41.1 Å². The highest BCUT2D eigenvalue weighted by molar-refractivity contribution is 6.44. The highest BCUT2D eigenvalue weighted by Gasteiger charge is 2.49. The van der Waals surface area contributed by atoms with E-state index in [2.05, 4.69) is 4.98 Å². The van der Waals surface area contributed by atoms with E-state index in [1.807, 2.05) is 28.9 Å². The van der Waals surface area contributed by atoms with E-state index in [-0.39, 0.29) is 46.8 Å². The number of halogens is 3. The summed E-state index contributed by atoms with van der Waals surface area (Å²) in [5.74, 6) is -0.667.